The molecule has 39 heavy (non-hydrogen) atoms. The topological polar surface area (TPSA) is 97.3 Å². The summed E-state index contributed by atoms with van der Waals surface area (Å²) in [5.41, 5.74) is 1.13. The lowest BCUT2D eigenvalue weighted by Gasteiger charge is -2.23. The van der Waals surface area contributed by atoms with Crippen molar-refractivity contribution in [3.8, 4) is 11.5 Å². The van der Waals surface area contributed by atoms with Gasteiger partial charge in [-0.2, -0.15) is 11.8 Å². The molecule has 0 heterocycles. The maximum Gasteiger partial charge on any atom is 0.573 e. The Bertz CT molecular complexity index is 1010. The molecule has 8 nitrogen and oxygen atoms in total. The summed E-state index contributed by atoms with van der Waals surface area (Å²) in [5.74, 6) is 1.11. The van der Waals surface area contributed by atoms with E-state index in [1.807, 2.05) is 0 Å². The number of nitrogens with zero attached hydrogens (tertiary/aromatic N) is 1. The van der Waals surface area contributed by atoms with Crippen LogP contribution in [0.2, 0.25) is 0 Å². The Balaban J connectivity index is 1.93. The number of thioether (sulfide) groups is 1. The fourth-order valence-corrected chi connectivity index (χ4v) is 4.32. The molecule has 216 valence electrons. The van der Waals surface area contributed by atoms with Gasteiger partial charge in [0.05, 0.1) is 6.54 Å². The minimum atomic E-state index is -4.79. The molecule has 0 saturated heterocycles. The highest BCUT2D eigenvalue weighted by atomic mass is 32.2. The number of urea groups is 1. The second kappa shape index (κ2) is 16.8. The van der Waals surface area contributed by atoms with Gasteiger partial charge in [-0.25, -0.2) is 9.59 Å². The van der Waals surface area contributed by atoms with Crippen LogP contribution in [0.4, 0.5) is 23.7 Å². The second-order valence-corrected chi connectivity index (χ2v) is 9.66. The lowest BCUT2D eigenvalue weighted by Crippen LogP contribution is -2.38. The van der Waals surface area contributed by atoms with Crippen molar-refractivity contribution in [3.63, 3.8) is 0 Å². The fraction of sp³-hybridized carbons (Fsp3) is 0.481. The number of carbonyl (C=O) groups excluding carboxylic acids is 1. The molecule has 2 aromatic rings. The smallest absolute Gasteiger partial charge is 0.492 e. The second-order valence-electron chi connectivity index (χ2n) is 8.43. The molecule has 0 saturated carbocycles. The zero-order valence-electron chi connectivity index (χ0n) is 22.0. The lowest BCUT2D eigenvalue weighted by molar-refractivity contribution is -0.274. The van der Waals surface area contributed by atoms with Gasteiger partial charge >= 0.3 is 18.4 Å². The van der Waals surface area contributed by atoms with E-state index < -0.39 is 24.5 Å². The standard InChI is InChI=1S/C27H35F3N2O6S/c1-3-17-39-18-5-14-32(26(35)31-21-8-12-23(13-9-21)38-27(28,29)30)15-16-37-22-10-6-20(7-11-22)19-24(25(33)34)36-4-2/h6-13,24H,3-5,14-19H2,1-2H3,(H,31,35)(H,33,34). The number of carboxylic acid groups (broad SMARTS) is 1. The quantitative estimate of drug-likeness (QED) is 0.222. The molecule has 2 aromatic carbocycles. The molecule has 0 aliphatic rings. The first-order chi connectivity index (χ1) is 18.6. The average Bonchev–Trinajstić information content (AvgIpc) is 2.88. The number of alkyl halides is 3. The number of benzene rings is 2. The maximum atomic E-state index is 12.9. The summed E-state index contributed by atoms with van der Waals surface area (Å²) in [7, 11) is 0. The van der Waals surface area contributed by atoms with Gasteiger partial charge in [-0.15, -0.1) is 13.2 Å². The highest BCUT2D eigenvalue weighted by Gasteiger charge is 2.31. The minimum Gasteiger partial charge on any atom is -0.492 e. The van der Waals surface area contributed by atoms with Crippen LogP contribution in [0.1, 0.15) is 32.3 Å². The fourth-order valence-electron chi connectivity index (χ4n) is 3.49. The Hall–Kier alpha value is -3.12. The van der Waals surface area contributed by atoms with E-state index in [0.717, 1.165) is 42.0 Å². The van der Waals surface area contributed by atoms with Crippen LogP contribution < -0.4 is 14.8 Å². The highest BCUT2D eigenvalue weighted by Crippen LogP contribution is 2.24. The number of carbonyl (C=O) groups is 2. The molecule has 0 radical (unpaired) electrons. The molecule has 0 bridgehead atoms. The Labute approximate surface area is 230 Å². The molecule has 0 fully saturated rings. The zero-order valence-corrected chi connectivity index (χ0v) is 22.9. The predicted octanol–water partition coefficient (Wildman–Crippen LogP) is 6.06. The van der Waals surface area contributed by atoms with Crippen LogP contribution in [0.15, 0.2) is 48.5 Å². The van der Waals surface area contributed by atoms with Crippen molar-refractivity contribution in [2.24, 2.45) is 0 Å². The van der Waals surface area contributed by atoms with Gasteiger partial charge in [0, 0.05) is 25.3 Å². The third kappa shape index (κ3) is 13.0. The molecule has 12 heteroatoms. The van der Waals surface area contributed by atoms with Crippen molar-refractivity contribution in [2.45, 2.75) is 45.6 Å². The van der Waals surface area contributed by atoms with Gasteiger partial charge < -0.3 is 29.5 Å². The number of rotatable bonds is 17. The van der Waals surface area contributed by atoms with Crippen LogP contribution >= 0.6 is 11.8 Å². The zero-order chi connectivity index (χ0) is 28.7. The SMILES string of the molecule is CCCSCCCN(CCOc1ccc(CC(OCC)C(=O)O)cc1)C(=O)Nc1ccc(OC(F)(F)F)cc1. The van der Waals surface area contributed by atoms with Gasteiger partial charge in [-0.3, -0.25) is 0 Å². The van der Waals surface area contributed by atoms with Crippen molar-refractivity contribution in [1.29, 1.82) is 0 Å². The Morgan fingerprint density at radius 3 is 2.26 bits per heavy atom. The molecule has 1 atom stereocenters. The molecule has 0 aliphatic carbocycles. The van der Waals surface area contributed by atoms with Gasteiger partial charge in [-0.1, -0.05) is 19.1 Å². The van der Waals surface area contributed by atoms with Gasteiger partial charge in [0.15, 0.2) is 6.10 Å². The lowest BCUT2D eigenvalue weighted by atomic mass is 10.1. The molecular formula is C27H35F3N2O6S. The molecule has 0 aliphatic heterocycles. The summed E-state index contributed by atoms with van der Waals surface area (Å²) in [4.78, 5) is 25.8. The van der Waals surface area contributed by atoms with Crippen molar-refractivity contribution in [3.05, 3.63) is 54.1 Å². The normalized spacial score (nSPS) is 12.0. The van der Waals surface area contributed by atoms with Gasteiger partial charge in [-0.05, 0) is 73.2 Å². The molecular weight excluding hydrogens is 537 g/mol. The number of aliphatic carboxylic acids is 1. The summed E-state index contributed by atoms with van der Waals surface area (Å²) in [5, 5.41) is 12.0. The van der Waals surface area contributed by atoms with Crippen molar-refractivity contribution in [1.82, 2.24) is 4.90 Å². The van der Waals surface area contributed by atoms with E-state index in [4.69, 9.17) is 9.47 Å². The Morgan fingerprint density at radius 2 is 1.67 bits per heavy atom. The summed E-state index contributed by atoms with van der Waals surface area (Å²) in [6.45, 7) is 5.12. The van der Waals surface area contributed by atoms with Crippen molar-refractivity contribution in [2.75, 3.05) is 43.1 Å². The van der Waals surface area contributed by atoms with Crippen LogP contribution in [-0.4, -0.2) is 72.3 Å². The number of halogens is 3. The number of anilines is 1. The van der Waals surface area contributed by atoms with Crippen LogP contribution in [0, 0.1) is 0 Å². The molecule has 0 aromatic heterocycles. The van der Waals surface area contributed by atoms with Crippen LogP contribution in [-0.2, 0) is 16.0 Å². The van der Waals surface area contributed by atoms with E-state index in [2.05, 4.69) is 17.0 Å². The van der Waals surface area contributed by atoms with E-state index >= 15 is 0 Å². The molecule has 2 N–H and O–H groups in total. The summed E-state index contributed by atoms with van der Waals surface area (Å²) in [6.07, 6.45) is -3.63. The van der Waals surface area contributed by atoms with E-state index in [1.165, 1.54) is 12.1 Å². The summed E-state index contributed by atoms with van der Waals surface area (Å²) < 4.78 is 52.1. The molecule has 0 spiro atoms. The Kier molecular flexibility index (Phi) is 13.8. The number of carboxylic acids is 1. The third-order valence-electron chi connectivity index (χ3n) is 5.31. The van der Waals surface area contributed by atoms with Gasteiger partial charge in [0.2, 0.25) is 0 Å². The van der Waals surface area contributed by atoms with E-state index in [0.29, 0.717) is 24.6 Å². The number of nitrogens with one attached hydrogen (secondary N) is 1. The molecule has 2 amide bonds. The first-order valence-corrected chi connectivity index (χ1v) is 13.8. The average molecular weight is 573 g/mol. The third-order valence-corrected chi connectivity index (χ3v) is 6.58. The Morgan fingerprint density at radius 1 is 1.00 bits per heavy atom. The van der Waals surface area contributed by atoms with E-state index in [9.17, 15) is 27.9 Å². The van der Waals surface area contributed by atoms with Crippen molar-refractivity contribution >= 4 is 29.4 Å². The first-order valence-electron chi connectivity index (χ1n) is 12.7. The molecule has 2 rings (SSSR count). The van der Waals surface area contributed by atoms with E-state index in [-0.39, 0.29) is 25.3 Å². The number of ether oxygens (including phenoxy) is 3. The van der Waals surface area contributed by atoms with Crippen LogP contribution in [0.25, 0.3) is 0 Å². The number of amides is 2. The van der Waals surface area contributed by atoms with Crippen LogP contribution in [0.5, 0.6) is 11.5 Å². The number of hydrogen-bond donors (Lipinski definition) is 2. The highest BCUT2D eigenvalue weighted by molar-refractivity contribution is 7.99. The van der Waals surface area contributed by atoms with Crippen LogP contribution in [0.3, 0.4) is 0 Å². The minimum absolute atomic E-state index is 0.212. The van der Waals surface area contributed by atoms with Crippen molar-refractivity contribution < 1.29 is 42.1 Å². The maximum absolute atomic E-state index is 12.9. The monoisotopic (exact) mass is 572 g/mol. The summed E-state index contributed by atoms with van der Waals surface area (Å²) >= 11 is 1.81. The molecule has 1 unspecified atom stereocenters. The van der Waals surface area contributed by atoms with Gasteiger partial charge in [0.1, 0.15) is 18.1 Å². The van der Waals surface area contributed by atoms with E-state index in [1.54, 1.807) is 47.9 Å². The largest absolute Gasteiger partial charge is 0.573 e. The van der Waals surface area contributed by atoms with Gasteiger partial charge in [0.25, 0.3) is 0 Å². The first kappa shape index (κ1) is 32.1. The predicted molar refractivity (Wildman–Crippen MR) is 145 cm³/mol. The number of hydrogen-bond acceptors (Lipinski definition) is 6. The summed E-state index contributed by atoms with van der Waals surface area (Å²) in [6, 6.07) is 11.6.